The number of carbonyl (C=O) groups is 2. The molecule has 0 fully saturated rings. The molecule has 0 saturated carbocycles. The number of carbonyl (C=O) groups excluding carboxylic acids is 2. The number of benzene rings is 2. The van der Waals surface area contributed by atoms with Crippen LogP contribution in [0.15, 0.2) is 30.3 Å². The van der Waals surface area contributed by atoms with Crippen molar-refractivity contribution in [2.75, 3.05) is 20.3 Å². The summed E-state index contributed by atoms with van der Waals surface area (Å²) in [4.78, 5) is 36.3. The van der Waals surface area contributed by atoms with Gasteiger partial charge in [0.05, 0.1) is 24.2 Å². The number of ether oxygens (including phenoxy) is 3. The summed E-state index contributed by atoms with van der Waals surface area (Å²) in [5.74, 6) is -2.55. The predicted octanol–water partition coefficient (Wildman–Crippen LogP) is 4.32. The molecule has 11 heteroatoms. The van der Waals surface area contributed by atoms with Gasteiger partial charge < -0.3 is 14.2 Å². The molecule has 34 heavy (non-hydrogen) atoms. The largest absolute Gasteiger partial charge is 0.489 e. The predicted molar refractivity (Wildman–Crippen MR) is 115 cm³/mol. The van der Waals surface area contributed by atoms with E-state index in [2.05, 4.69) is 0 Å². The lowest BCUT2D eigenvalue weighted by Crippen LogP contribution is -2.44. The Hall–Kier alpha value is -3.76. The van der Waals surface area contributed by atoms with Crippen LogP contribution in [0.2, 0.25) is 0 Å². The first-order valence-electron chi connectivity index (χ1n) is 10.5. The summed E-state index contributed by atoms with van der Waals surface area (Å²) >= 11 is 0. The molecule has 3 rings (SSSR count). The van der Waals surface area contributed by atoms with Crippen LogP contribution in [-0.4, -0.2) is 42.1 Å². The van der Waals surface area contributed by atoms with Crippen LogP contribution >= 0.6 is 0 Å². The van der Waals surface area contributed by atoms with Crippen molar-refractivity contribution in [1.29, 1.82) is 0 Å². The highest BCUT2D eigenvalue weighted by molar-refractivity contribution is 5.84. The third kappa shape index (κ3) is 5.24. The average Bonchev–Trinajstić information content (AvgIpc) is 2.80. The van der Waals surface area contributed by atoms with E-state index in [-0.39, 0.29) is 24.8 Å². The molecule has 0 aromatic heterocycles. The summed E-state index contributed by atoms with van der Waals surface area (Å²) < 4.78 is 44.0. The summed E-state index contributed by atoms with van der Waals surface area (Å²) in [6.07, 6.45) is -0.261. The number of methoxy groups -OCH3 is 1. The van der Waals surface area contributed by atoms with Gasteiger partial charge in [-0.05, 0) is 41.7 Å². The maximum Gasteiger partial charge on any atom is 0.410 e. The second-order valence-electron chi connectivity index (χ2n) is 8.11. The number of amides is 1. The third-order valence-electron chi connectivity index (χ3n) is 5.29. The molecule has 0 aliphatic carbocycles. The average molecular weight is 478 g/mol. The number of rotatable bonds is 7. The Balaban J connectivity index is 1.83. The van der Waals surface area contributed by atoms with Crippen LogP contribution in [0.4, 0.5) is 19.3 Å². The Labute approximate surface area is 194 Å². The van der Waals surface area contributed by atoms with Gasteiger partial charge >= 0.3 is 17.7 Å². The molecule has 1 atom stereocenters. The van der Waals surface area contributed by atoms with E-state index < -0.39 is 52.5 Å². The zero-order valence-corrected chi connectivity index (χ0v) is 18.9. The fourth-order valence-electron chi connectivity index (χ4n) is 3.59. The molecule has 0 saturated heterocycles. The van der Waals surface area contributed by atoms with Crippen molar-refractivity contribution in [3.8, 4) is 5.75 Å². The van der Waals surface area contributed by atoms with Crippen molar-refractivity contribution in [2.45, 2.75) is 32.9 Å². The standard InChI is InChI=1S/C23H24F2N2O7/c1-13(2)11-34-23(29)26-9-8-14-10-15(4-5-16(14)21(26)22(28)32-3)33-12-17-18(24)6-7-19(20(17)25)27(30)31/h4-7,10,13,21H,8-9,11-12H2,1-3H3. The second-order valence-corrected chi connectivity index (χ2v) is 8.11. The maximum absolute atomic E-state index is 14.3. The van der Waals surface area contributed by atoms with Crippen molar-refractivity contribution in [2.24, 2.45) is 5.92 Å². The molecule has 9 nitrogen and oxygen atoms in total. The van der Waals surface area contributed by atoms with Crippen LogP contribution in [0.5, 0.6) is 5.75 Å². The number of nitro groups is 1. The molecular weight excluding hydrogens is 454 g/mol. The SMILES string of the molecule is COC(=O)C1c2ccc(OCc3c(F)ccc([N+](=O)[O-])c3F)cc2CCN1C(=O)OCC(C)C. The van der Waals surface area contributed by atoms with E-state index >= 15 is 0 Å². The van der Waals surface area contributed by atoms with E-state index in [4.69, 9.17) is 14.2 Å². The van der Waals surface area contributed by atoms with Gasteiger partial charge in [-0.3, -0.25) is 15.0 Å². The number of nitro benzene ring substituents is 1. The van der Waals surface area contributed by atoms with Gasteiger partial charge in [0, 0.05) is 12.6 Å². The fourth-order valence-corrected chi connectivity index (χ4v) is 3.59. The summed E-state index contributed by atoms with van der Waals surface area (Å²) in [6.45, 7) is 3.59. The maximum atomic E-state index is 14.3. The Bertz CT molecular complexity index is 1110. The summed E-state index contributed by atoms with van der Waals surface area (Å²) in [7, 11) is 1.22. The van der Waals surface area contributed by atoms with Crippen LogP contribution in [0.3, 0.4) is 0 Å². The molecule has 1 aliphatic heterocycles. The van der Waals surface area contributed by atoms with E-state index in [9.17, 15) is 28.5 Å². The summed E-state index contributed by atoms with van der Waals surface area (Å²) in [5, 5.41) is 10.9. The van der Waals surface area contributed by atoms with Crippen molar-refractivity contribution >= 4 is 17.7 Å². The highest BCUT2D eigenvalue weighted by atomic mass is 19.1. The summed E-state index contributed by atoms with van der Waals surface area (Å²) in [6, 6.07) is 5.17. The second kappa shape index (κ2) is 10.4. The summed E-state index contributed by atoms with van der Waals surface area (Å²) in [5.41, 5.74) is -0.227. The Kier molecular flexibility index (Phi) is 7.64. The zero-order valence-electron chi connectivity index (χ0n) is 18.9. The number of halogens is 2. The number of fused-ring (bicyclic) bond motifs is 1. The van der Waals surface area contributed by atoms with Crippen LogP contribution in [0, 0.1) is 27.7 Å². The number of hydrogen-bond donors (Lipinski definition) is 0. The monoisotopic (exact) mass is 478 g/mol. The van der Waals surface area contributed by atoms with Crippen LogP contribution in [0.1, 0.15) is 36.6 Å². The van der Waals surface area contributed by atoms with E-state index in [0.29, 0.717) is 17.5 Å². The van der Waals surface area contributed by atoms with Gasteiger partial charge in [-0.2, -0.15) is 4.39 Å². The lowest BCUT2D eigenvalue weighted by molar-refractivity contribution is -0.387. The molecule has 182 valence electrons. The van der Waals surface area contributed by atoms with Gasteiger partial charge in [0.1, 0.15) is 18.2 Å². The molecule has 0 spiro atoms. The first-order chi connectivity index (χ1) is 16.1. The van der Waals surface area contributed by atoms with Crippen molar-refractivity contribution < 1.29 is 37.5 Å². The van der Waals surface area contributed by atoms with E-state index in [1.54, 1.807) is 12.1 Å². The van der Waals surface area contributed by atoms with Gasteiger partial charge in [0.25, 0.3) is 0 Å². The molecule has 2 aromatic rings. The number of nitrogens with zero attached hydrogens (tertiary/aromatic N) is 2. The molecule has 0 bridgehead atoms. The highest BCUT2D eigenvalue weighted by Crippen LogP contribution is 2.34. The molecule has 0 radical (unpaired) electrons. The molecule has 1 unspecified atom stereocenters. The Morgan fingerprint density at radius 3 is 2.62 bits per heavy atom. The van der Waals surface area contributed by atoms with Gasteiger partial charge in [0.15, 0.2) is 6.04 Å². The number of hydrogen-bond acceptors (Lipinski definition) is 7. The Morgan fingerprint density at radius 2 is 1.97 bits per heavy atom. The third-order valence-corrected chi connectivity index (χ3v) is 5.29. The zero-order chi connectivity index (χ0) is 25.0. The van der Waals surface area contributed by atoms with Crippen molar-refractivity contribution in [3.63, 3.8) is 0 Å². The minimum absolute atomic E-state index is 0.123. The normalized spacial score (nSPS) is 15.0. The van der Waals surface area contributed by atoms with Crippen LogP contribution in [-0.2, 0) is 27.3 Å². The molecule has 1 heterocycles. The molecular formula is C23H24F2N2O7. The van der Waals surface area contributed by atoms with Crippen molar-refractivity contribution in [1.82, 2.24) is 4.90 Å². The lowest BCUT2D eigenvalue weighted by atomic mass is 9.92. The molecule has 1 amide bonds. The van der Waals surface area contributed by atoms with E-state index in [1.165, 1.54) is 18.1 Å². The Morgan fingerprint density at radius 1 is 1.24 bits per heavy atom. The minimum atomic E-state index is -1.30. The first kappa shape index (κ1) is 24.9. The van der Waals surface area contributed by atoms with Crippen LogP contribution < -0.4 is 4.74 Å². The number of esters is 1. The highest BCUT2D eigenvalue weighted by Gasteiger charge is 2.38. The van der Waals surface area contributed by atoms with Crippen LogP contribution in [0.25, 0.3) is 0 Å². The topological polar surface area (TPSA) is 108 Å². The molecule has 1 aliphatic rings. The fraction of sp³-hybridized carbons (Fsp3) is 0.391. The lowest BCUT2D eigenvalue weighted by Gasteiger charge is -2.35. The van der Waals surface area contributed by atoms with E-state index in [0.717, 1.165) is 12.1 Å². The quantitative estimate of drug-likeness (QED) is 0.331. The minimum Gasteiger partial charge on any atom is -0.489 e. The van der Waals surface area contributed by atoms with Gasteiger partial charge in [-0.25, -0.2) is 14.0 Å². The van der Waals surface area contributed by atoms with Gasteiger partial charge in [0.2, 0.25) is 5.82 Å². The smallest absolute Gasteiger partial charge is 0.410 e. The van der Waals surface area contributed by atoms with E-state index in [1.807, 2.05) is 13.8 Å². The molecule has 2 aromatic carbocycles. The molecule has 0 N–H and O–H groups in total. The van der Waals surface area contributed by atoms with Crippen molar-refractivity contribution in [3.05, 3.63) is 68.8 Å². The van der Waals surface area contributed by atoms with Gasteiger partial charge in [-0.1, -0.05) is 19.9 Å². The van der Waals surface area contributed by atoms with Gasteiger partial charge in [-0.15, -0.1) is 0 Å². The first-order valence-corrected chi connectivity index (χ1v) is 10.5.